The fourth-order valence-electron chi connectivity index (χ4n) is 3.56. The largest absolute Gasteiger partial charge is 0.450 e. The lowest BCUT2D eigenvalue weighted by molar-refractivity contribution is 0.0969. The molecule has 1 aliphatic rings. The molecular weight excluding hydrogens is 441 g/mol. The molecule has 0 bridgehead atoms. The predicted molar refractivity (Wildman–Crippen MR) is 107 cm³/mol. The molecule has 0 radical (unpaired) electrons. The van der Waals surface area contributed by atoms with Crippen LogP contribution in [-0.4, -0.2) is 15.9 Å². The highest BCUT2D eigenvalue weighted by Crippen LogP contribution is 2.40. The second kappa shape index (κ2) is 6.59. The van der Waals surface area contributed by atoms with Gasteiger partial charge in [0, 0.05) is 22.4 Å². The van der Waals surface area contributed by atoms with Crippen molar-refractivity contribution >= 4 is 38.8 Å². The molecule has 0 saturated heterocycles. The summed E-state index contributed by atoms with van der Waals surface area (Å²) in [6.07, 6.45) is 2.94. The van der Waals surface area contributed by atoms with Gasteiger partial charge in [-0.15, -0.1) is 0 Å². The summed E-state index contributed by atoms with van der Waals surface area (Å²) in [5.74, 6) is -1.22. The van der Waals surface area contributed by atoms with Crippen molar-refractivity contribution in [1.82, 2.24) is 9.97 Å². The third-order valence-electron chi connectivity index (χ3n) is 4.80. The Hall–Kier alpha value is -3.39. The van der Waals surface area contributed by atoms with E-state index in [1.807, 2.05) is 0 Å². The molecule has 6 nitrogen and oxygen atoms in total. The topological polar surface area (TPSA) is 76.3 Å². The summed E-state index contributed by atoms with van der Waals surface area (Å²) in [6, 6.07) is 11.5. The first kappa shape index (κ1) is 17.7. The van der Waals surface area contributed by atoms with Crippen LogP contribution in [0, 0.1) is 5.82 Å². The molecule has 5 rings (SSSR count). The molecule has 1 amide bonds. The summed E-state index contributed by atoms with van der Waals surface area (Å²) < 4.78 is 21.2. The first-order valence-electron chi connectivity index (χ1n) is 8.67. The van der Waals surface area contributed by atoms with Crippen molar-refractivity contribution in [3.63, 3.8) is 0 Å². The van der Waals surface area contributed by atoms with Crippen LogP contribution in [0.5, 0.6) is 0 Å². The van der Waals surface area contributed by atoms with E-state index in [1.54, 1.807) is 36.4 Å². The number of nitrogens with zero attached hydrogens (tertiary/aromatic N) is 3. The maximum absolute atomic E-state index is 14.7. The molecule has 29 heavy (non-hydrogen) atoms. The number of hydrogen-bond acceptors (Lipinski definition) is 5. The number of halogens is 2. The van der Waals surface area contributed by atoms with Gasteiger partial charge < -0.3 is 4.42 Å². The van der Waals surface area contributed by atoms with Crippen molar-refractivity contribution < 1.29 is 13.6 Å². The molecule has 4 aromatic rings. The summed E-state index contributed by atoms with van der Waals surface area (Å²) in [6.45, 7) is 0. The minimum Gasteiger partial charge on any atom is -0.450 e. The highest BCUT2D eigenvalue weighted by atomic mass is 79.9. The highest BCUT2D eigenvalue weighted by molar-refractivity contribution is 9.10. The Labute approximate surface area is 171 Å². The summed E-state index contributed by atoms with van der Waals surface area (Å²) in [5, 5.41) is 0.295. The maximum atomic E-state index is 14.7. The lowest BCUT2D eigenvalue weighted by Crippen LogP contribution is -2.31. The van der Waals surface area contributed by atoms with Gasteiger partial charge in [0.1, 0.15) is 17.4 Å². The van der Waals surface area contributed by atoms with Crippen LogP contribution < -0.4 is 10.3 Å². The van der Waals surface area contributed by atoms with E-state index >= 15 is 0 Å². The van der Waals surface area contributed by atoms with Crippen molar-refractivity contribution in [3.8, 4) is 0 Å². The van der Waals surface area contributed by atoms with Crippen LogP contribution in [0.2, 0.25) is 0 Å². The normalized spacial score (nSPS) is 15.7. The van der Waals surface area contributed by atoms with Crippen LogP contribution in [0.3, 0.4) is 0 Å². The van der Waals surface area contributed by atoms with Crippen LogP contribution in [0.4, 0.5) is 10.3 Å². The molecule has 0 aliphatic carbocycles. The summed E-state index contributed by atoms with van der Waals surface area (Å²) in [5.41, 5.74) is 0.0999. The van der Waals surface area contributed by atoms with Crippen molar-refractivity contribution in [3.05, 3.63) is 98.3 Å². The van der Waals surface area contributed by atoms with E-state index in [0.717, 1.165) is 0 Å². The number of benzene rings is 2. The van der Waals surface area contributed by atoms with Gasteiger partial charge in [0.25, 0.3) is 5.91 Å². The van der Waals surface area contributed by atoms with Gasteiger partial charge in [-0.25, -0.2) is 14.4 Å². The van der Waals surface area contributed by atoms with Gasteiger partial charge in [-0.1, -0.05) is 34.1 Å². The lowest BCUT2D eigenvalue weighted by atomic mass is 9.98. The first-order chi connectivity index (χ1) is 14.1. The van der Waals surface area contributed by atoms with E-state index in [1.165, 1.54) is 29.4 Å². The van der Waals surface area contributed by atoms with Gasteiger partial charge in [-0.2, -0.15) is 0 Å². The van der Waals surface area contributed by atoms with Gasteiger partial charge in [-0.05, 0) is 30.3 Å². The van der Waals surface area contributed by atoms with E-state index in [9.17, 15) is 14.0 Å². The average molecular weight is 452 g/mol. The van der Waals surface area contributed by atoms with Gasteiger partial charge in [0.15, 0.2) is 5.43 Å². The number of carbonyl (C=O) groups is 1. The summed E-state index contributed by atoms with van der Waals surface area (Å²) in [4.78, 5) is 36.1. The van der Waals surface area contributed by atoms with Crippen molar-refractivity contribution in [1.29, 1.82) is 0 Å². The molecule has 0 N–H and O–H groups in total. The zero-order chi connectivity index (χ0) is 20.1. The second-order valence-electron chi connectivity index (χ2n) is 6.46. The number of aromatic nitrogens is 2. The van der Waals surface area contributed by atoms with Gasteiger partial charge >= 0.3 is 0 Å². The van der Waals surface area contributed by atoms with Crippen LogP contribution in [0.15, 0.2) is 74.6 Å². The molecule has 0 fully saturated rings. The second-order valence-corrected chi connectivity index (χ2v) is 7.38. The van der Waals surface area contributed by atoms with Crippen LogP contribution in [0.1, 0.15) is 27.7 Å². The van der Waals surface area contributed by atoms with Crippen molar-refractivity contribution in [2.45, 2.75) is 6.04 Å². The molecular formula is C21H11BrFN3O3. The zero-order valence-electron chi connectivity index (χ0n) is 14.7. The van der Waals surface area contributed by atoms with Crippen LogP contribution in [-0.2, 0) is 0 Å². The molecule has 1 atom stereocenters. The molecule has 1 aliphatic heterocycles. The molecule has 1 unspecified atom stereocenters. The minimum atomic E-state index is -1.04. The zero-order valence-corrected chi connectivity index (χ0v) is 16.3. The van der Waals surface area contributed by atoms with E-state index in [0.29, 0.717) is 9.86 Å². The SMILES string of the molecule is O=C1c2oc3ccc(Br)cc3c(=O)c2C(c2ccccc2F)N1c1ncccn1. The summed E-state index contributed by atoms with van der Waals surface area (Å²) >= 11 is 3.34. The van der Waals surface area contributed by atoms with Crippen molar-refractivity contribution in [2.24, 2.45) is 0 Å². The highest BCUT2D eigenvalue weighted by Gasteiger charge is 2.45. The maximum Gasteiger partial charge on any atom is 0.297 e. The molecule has 0 saturated carbocycles. The fraction of sp³-hybridized carbons (Fsp3) is 0.0476. The number of amides is 1. The monoisotopic (exact) mass is 451 g/mol. The quantitative estimate of drug-likeness (QED) is 0.455. The standard InChI is InChI=1S/C21H11BrFN3O3/c22-11-6-7-15-13(10-11)18(27)16-17(12-4-1-2-5-14(12)23)26(20(28)19(16)29-15)21-24-8-3-9-25-21/h1-10,17H. The number of carbonyl (C=O) groups excluding carboxylic acids is 1. The predicted octanol–water partition coefficient (Wildman–Crippen LogP) is 4.23. The van der Waals surface area contributed by atoms with Gasteiger partial charge in [-0.3, -0.25) is 14.5 Å². The molecule has 142 valence electrons. The average Bonchev–Trinajstić information content (AvgIpc) is 3.02. The van der Waals surface area contributed by atoms with Gasteiger partial charge in [0.2, 0.25) is 11.7 Å². The fourth-order valence-corrected chi connectivity index (χ4v) is 3.92. The number of anilines is 1. The van der Waals surface area contributed by atoms with Crippen LogP contribution >= 0.6 is 15.9 Å². The lowest BCUT2D eigenvalue weighted by Gasteiger charge is -2.23. The Morgan fingerprint density at radius 2 is 1.79 bits per heavy atom. The number of rotatable bonds is 2. The Bertz CT molecular complexity index is 1340. The molecule has 2 aromatic heterocycles. The van der Waals surface area contributed by atoms with Gasteiger partial charge in [0.05, 0.1) is 10.9 Å². The Balaban J connectivity index is 1.86. The summed E-state index contributed by atoms with van der Waals surface area (Å²) in [7, 11) is 0. The Morgan fingerprint density at radius 3 is 2.55 bits per heavy atom. The number of fused-ring (bicyclic) bond motifs is 2. The third-order valence-corrected chi connectivity index (χ3v) is 5.29. The van der Waals surface area contributed by atoms with E-state index < -0.39 is 23.2 Å². The third kappa shape index (κ3) is 2.67. The molecule has 3 heterocycles. The Morgan fingerprint density at radius 1 is 1.03 bits per heavy atom. The molecule has 0 spiro atoms. The first-order valence-corrected chi connectivity index (χ1v) is 9.47. The smallest absolute Gasteiger partial charge is 0.297 e. The van der Waals surface area contributed by atoms with E-state index in [4.69, 9.17) is 4.42 Å². The van der Waals surface area contributed by atoms with Crippen molar-refractivity contribution in [2.75, 3.05) is 4.90 Å². The molecule has 2 aromatic carbocycles. The van der Waals surface area contributed by atoms with E-state index in [2.05, 4.69) is 25.9 Å². The molecule has 8 heteroatoms. The Kier molecular flexibility index (Phi) is 4.02. The number of hydrogen-bond donors (Lipinski definition) is 0. The van der Waals surface area contributed by atoms with Crippen LogP contribution in [0.25, 0.3) is 11.0 Å². The minimum absolute atomic E-state index is 0.0572. The van der Waals surface area contributed by atoms with E-state index in [-0.39, 0.29) is 28.4 Å².